The fraction of sp³-hybridized carbons (Fsp3) is 0.0741. The molecule has 0 atom stereocenters. The Labute approximate surface area is 195 Å². The van der Waals surface area contributed by atoms with Crippen LogP contribution in [-0.4, -0.2) is 24.7 Å². The Bertz CT molecular complexity index is 1370. The molecule has 6 nitrogen and oxygen atoms in total. The molecular formula is C27H21FN2O4. The maximum absolute atomic E-state index is 13.0. The Balaban J connectivity index is 1.50. The number of amides is 1. The quantitative estimate of drug-likeness (QED) is 0.183. The SMILES string of the molecule is Cc1cccc(C(=O)Oc2ccc3ccccc3c2/C=N/NC(=O)COc2ccc(F)cc2)c1. The maximum Gasteiger partial charge on any atom is 0.343 e. The largest absolute Gasteiger partial charge is 0.484 e. The molecule has 34 heavy (non-hydrogen) atoms. The van der Waals surface area contributed by atoms with Crippen LogP contribution in [0.3, 0.4) is 0 Å². The number of ether oxygens (including phenoxy) is 2. The zero-order valence-corrected chi connectivity index (χ0v) is 18.3. The fourth-order valence-corrected chi connectivity index (χ4v) is 3.31. The Morgan fingerprint density at radius 2 is 1.76 bits per heavy atom. The van der Waals surface area contributed by atoms with Crippen LogP contribution in [0.1, 0.15) is 21.5 Å². The van der Waals surface area contributed by atoms with Gasteiger partial charge >= 0.3 is 5.97 Å². The van der Waals surface area contributed by atoms with Gasteiger partial charge in [-0.15, -0.1) is 0 Å². The first kappa shape index (κ1) is 22.7. The molecule has 0 saturated heterocycles. The van der Waals surface area contributed by atoms with Gasteiger partial charge in [-0.2, -0.15) is 5.10 Å². The van der Waals surface area contributed by atoms with E-state index in [1.165, 1.54) is 30.5 Å². The van der Waals surface area contributed by atoms with Gasteiger partial charge in [-0.1, -0.05) is 48.0 Å². The second-order valence-corrected chi connectivity index (χ2v) is 7.49. The summed E-state index contributed by atoms with van der Waals surface area (Å²) >= 11 is 0. The summed E-state index contributed by atoms with van der Waals surface area (Å²) in [5.41, 5.74) is 4.31. The lowest BCUT2D eigenvalue weighted by Gasteiger charge is -2.11. The Morgan fingerprint density at radius 1 is 0.971 bits per heavy atom. The highest BCUT2D eigenvalue weighted by atomic mass is 19.1. The predicted octanol–water partition coefficient (Wildman–Crippen LogP) is 5.04. The van der Waals surface area contributed by atoms with Crippen molar-refractivity contribution in [3.63, 3.8) is 0 Å². The van der Waals surface area contributed by atoms with Crippen LogP contribution in [-0.2, 0) is 4.79 Å². The van der Waals surface area contributed by atoms with Gasteiger partial charge in [0.2, 0.25) is 0 Å². The summed E-state index contributed by atoms with van der Waals surface area (Å²) in [5.74, 6) is -0.717. The van der Waals surface area contributed by atoms with E-state index in [9.17, 15) is 14.0 Å². The number of esters is 1. The van der Waals surface area contributed by atoms with Gasteiger partial charge in [-0.05, 0) is 60.2 Å². The number of hydrazone groups is 1. The molecule has 1 amide bonds. The topological polar surface area (TPSA) is 77.0 Å². The van der Waals surface area contributed by atoms with Crippen molar-refractivity contribution in [2.24, 2.45) is 5.10 Å². The molecule has 4 aromatic carbocycles. The average Bonchev–Trinajstić information content (AvgIpc) is 2.84. The third-order valence-electron chi connectivity index (χ3n) is 4.95. The highest BCUT2D eigenvalue weighted by Crippen LogP contribution is 2.27. The number of carbonyl (C=O) groups excluding carboxylic acids is 2. The van der Waals surface area contributed by atoms with Gasteiger partial charge in [-0.3, -0.25) is 4.79 Å². The van der Waals surface area contributed by atoms with Crippen molar-refractivity contribution < 1.29 is 23.5 Å². The minimum Gasteiger partial charge on any atom is -0.484 e. The van der Waals surface area contributed by atoms with Gasteiger partial charge in [0.1, 0.15) is 17.3 Å². The smallest absolute Gasteiger partial charge is 0.343 e. The van der Waals surface area contributed by atoms with Crippen LogP contribution in [0.25, 0.3) is 10.8 Å². The Hall–Kier alpha value is -4.52. The predicted molar refractivity (Wildman–Crippen MR) is 128 cm³/mol. The van der Waals surface area contributed by atoms with Crippen LogP contribution in [0.2, 0.25) is 0 Å². The van der Waals surface area contributed by atoms with Crippen LogP contribution in [0.4, 0.5) is 4.39 Å². The highest BCUT2D eigenvalue weighted by molar-refractivity contribution is 6.04. The first-order valence-electron chi connectivity index (χ1n) is 10.5. The lowest BCUT2D eigenvalue weighted by atomic mass is 10.0. The molecule has 4 aromatic rings. The van der Waals surface area contributed by atoms with Gasteiger partial charge in [0.15, 0.2) is 6.61 Å². The number of hydrogen-bond donors (Lipinski definition) is 1. The van der Waals surface area contributed by atoms with E-state index in [4.69, 9.17) is 9.47 Å². The molecule has 7 heteroatoms. The van der Waals surface area contributed by atoms with Crippen LogP contribution < -0.4 is 14.9 Å². The molecule has 1 N–H and O–H groups in total. The summed E-state index contributed by atoms with van der Waals surface area (Å²) in [6.07, 6.45) is 1.43. The standard InChI is InChI=1S/C27H21FN2O4/c1-18-5-4-7-20(15-18)27(32)34-25-14-9-19-6-2-3-8-23(19)24(25)16-29-30-26(31)17-33-22-12-10-21(28)11-13-22/h2-16H,17H2,1H3,(H,30,31)/b29-16+. The summed E-state index contributed by atoms with van der Waals surface area (Å²) in [6.45, 7) is 1.60. The molecule has 0 fully saturated rings. The van der Waals surface area contributed by atoms with E-state index < -0.39 is 17.7 Å². The number of aryl methyl sites for hydroxylation is 1. The van der Waals surface area contributed by atoms with Crippen molar-refractivity contribution >= 4 is 28.9 Å². The van der Waals surface area contributed by atoms with Crippen molar-refractivity contribution in [2.45, 2.75) is 6.92 Å². The summed E-state index contributed by atoms with van der Waals surface area (Å²) < 4.78 is 23.9. The van der Waals surface area contributed by atoms with E-state index in [0.717, 1.165) is 16.3 Å². The molecular weight excluding hydrogens is 435 g/mol. The molecule has 0 bridgehead atoms. The minimum atomic E-state index is -0.501. The third-order valence-corrected chi connectivity index (χ3v) is 4.95. The zero-order chi connectivity index (χ0) is 23.9. The molecule has 170 valence electrons. The number of halogens is 1. The van der Waals surface area contributed by atoms with Crippen molar-refractivity contribution in [1.29, 1.82) is 0 Å². The third kappa shape index (κ3) is 5.63. The van der Waals surface area contributed by atoms with Crippen LogP contribution >= 0.6 is 0 Å². The summed E-state index contributed by atoms with van der Waals surface area (Å²) in [7, 11) is 0. The molecule has 0 aliphatic heterocycles. The fourth-order valence-electron chi connectivity index (χ4n) is 3.31. The molecule has 0 heterocycles. The molecule has 0 aromatic heterocycles. The number of nitrogens with zero attached hydrogens (tertiary/aromatic N) is 1. The van der Waals surface area contributed by atoms with Crippen molar-refractivity contribution in [3.8, 4) is 11.5 Å². The lowest BCUT2D eigenvalue weighted by molar-refractivity contribution is -0.123. The molecule has 0 unspecified atom stereocenters. The molecule has 0 saturated carbocycles. The highest BCUT2D eigenvalue weighted by Gasteiger charge is 2.14. The summed E-state index contributed by atoms with van der Waals surface area (Å²) in [4.78, 5) is 24.8. The Morgan fingerprint density at radius 3 is 2.56 bits per heavy atom. The van der Waals surface area contributed by atoms with Gasteiger partial charge in [0.25, 0.3) is 5.91 Å². The van der Waals surface area contributed by atoms with Crippen molar-refractivity contribution in [3.05, 3.63) is 107 Å². The molecule has 4 rings (SSSR count). The summed E-state index contributed by atoms with van der Waals surface area (Å²) in [6, 6.07) is 23.6. The monoisotopic (exact) mass is 456 g/mol. The first-order chi connectivity index (χ1) is 16.5. The molecule has 0 aliphatic carbocycles. The van der Waals surface area contributed by atoms with Gasteiger partial charge in [-0.25, -0.2) is 14.6 Å². The number of hydrogen-bond acceptors (Lipinski definition) is 5. The number of carbonyl (C=O) groups is 2. The van der Waals surface area contributed by atoms with Gasteiger partial charge in [0.05, 0.1) is 11.8 Å². The van der Waals surface area contributed by atoms with Crippen LogP contribution in [0, 0.1) is 12.7 Å². The van der Waals surface area contributed by atoms with E-state index in [-0.39, 0.29) is 6.61 Å². The van der Waals surface area contributed by atoms with Crippen LogP contribution in [0.15, 0.2) is 90.0 Å². The van der Waals surface area contributed by atoms with Crippen molar-refractivity contribution in [2.75, 3.05) is 6.61 Å². The van der Waals surface area contributed by atoms with Crippen molar-refractivity contribution in [1.82, 2.24) is 5.43 Å². The maximum atomic E-state index is 13.0. The first-order valence-corrected chi connectivity index (χ1v) is 10.5. The van der Waals surface area contributed by atoms with Gasteiger partial charge < -0.3 is 9.47 Å². The van der Waals surface area contributed by atoms with E-state index in [1.807, 2.05) is 43.3 Å². The normalized spacial score (nSPS) is 10.9. The molecule has 0 radical (unpaired) electrons. The second kappa shape index (κ2) is 10.4. The van der Waals surface area contributed by atoms with Gasteiger partial charge in [0, 0.05) is 5.56 Å². The number of nitrogens with one attached hydrogen (secondary N) is 1. The minimum absolute atomic E-state index is 0.298. The second-order valence-electron chi connectivity index (χ2n) is 7.49. The summed E-state index contributed by atoms with van der Waals surface area (Å²) in [5, 5.41) is 5.74. The number of rotatable bonds is 7. The van der Waals surface area contributed by atoms with E-state index in [1.54, 1.807) is 24.3 Å². The van der Waals surface area contributed by atoms with E-state index in [0.29, 0.717) is 22.6 Å². The van der Waals surface area contributed by atoms with Crippen LogP contribution in [0.5, 0.6) is 11.5 Å². The van der Waals surface area contributed by atoms with E-state index in [2.05, 4.69) is 10.5 Å². The lowest BCUT2D eigenvalue weighted by Crippen LogP contribution is -2.24. The Kier molecular flexibility index (Phi) is 6.93. The number of benzene rings is 4. The zero-order valence-electron chi connectivity index (χ0n) is 18.3. The molecule has 0 spiro atoms. The molecule has 0 aliphatic rings. The van der Waals surface area contributed by atoms with E-state index >= 15 is 0 Å². The number of fused-ring (bicyclic) bond motifs is 1. The average molecular weight is 456 g/mol.